The molecule has 2 aliphatic heterocycles. The second kappa shape index (κ2) is 10.7. The summed E-state index contributed by atoms with van der Waals surface area (Å²) in [7, 11) is -1.14. The maximum absolute atomic E-state index is 14.0. The number of rotatable bonds is 6. The van der Waals surface area contributed by atoms with E-state index in [2.05, 4.69) is 22.2 Å². The number of nitrogens with one attached hydrogen (secondary N) is 1. The van der Waals surface area contributed by atoms with Crippen molar-refractivity contribution in [1.29, 1.82) is 0 Å². The summed E-state index contributed by atoms with van der Waals surface area (Å²) in [6.45, 7) is 8.29. The zero-order valence-corrected chi connectivity index (χ0v) is 23.5. The summed E-state index contributed by atoms with van der Waals surface area (Å²) in [6.07, 6.45) is 4.94. The Bertz CT molecular complexity index is 1470. The van der Waals surface area contributed by atoms with Gasteiger partial charge in [-0.05, 0) is 83.8 Å². The van der Waals surface area contributed by atoms with Crippen molar-refractivity contribution in [2.24, 2.45) is 0 Å². The first-order chi connectivity index (χ1) is 18.1. The molecule has 10 heteroatoms. The molecule has 1 N–H and O–H groups in total. The van der Waals surface area contributed by atoms with Gasteiger partial charge >= 0.3 is 0 Å². The van der Waals surface area contributed by atoms with Crippen molar-refractivity contribution in [3.8, 4) is 11.1 Å². The maximum Gasteiger partial charge on any atom is 0.260 e. The van der Waals surface area contributed by atoms with Crippen molar-refractivity contribution in [3.05, 3.63) is 52.4 Å². The summed E-state index contributed by atoms with van der Waals surface area (Å²) >= 11 is 0. The third-order valence-electron chi connectivity index (χ3n) is 8.00. The molecule has 0 aliphatic carbocycles. The molecule has 0 saturated carbocycles. The molecule has 3 aromatic rings. The number of hydrogen-bond donors (Lipinski definition) is 1. The van der Waals surface area contributed by atoms with Crippen molar-refractivity contribution in [1.82, 2.24) is 23.7 Å². The first kappa shape index (κ1) is 26.8. The lowest BCUT2D eigenvalue weighted by atomic mass is 9.99. The summed E-state index contributed by atoms with van der Waals surface area (Å²) in [5.41, 5.74) is 3.31. The van der Waals surface area contributed by atoms with E-state index in [1.165, 1.54) is 0 Å². The summed E-state index contributed by atoms with van der Waals surface area (Å²) in [5.74, 6) is 0.479. The number of benzene rings is 1. The van der Waals surface area contributed by atoms with Crippen LogP contribution in [0.3, 0.4) is 0 Å². The van der Waals surface area contributed by atoms with E-state index in [-0.39, 0.29) is 17.6 Å². The number of sulfonamides is 1. The fourth-order valence-corrected chi connectivity index (χ4v) is 6.90. The maximum atomic E-state index is 14.0. The Kier molecular flexibility index (Phi) is 7.57. The van der Waals surface area contributed by atoms with Gasteiger partial charge in [-0.3, -0.25) is 9.36 Å². The molecular formula is C28H38N6O3S. The van der Waals surface area contributed by atoms with E-state index < -0.39 is 15.3 Å². The molecule has 0 bridgehead atoms. The Balaban J connectivity index is 1.48. The van der Waals surface area contributed by atoms with Crippen LogP contribution in [-0.2, 0) is 10.0 Å². The molecular weight excluding hydrogens is 500 g/mol. The minimum atomic E-state index is -3.25. The highest BCUT2D eigenvalue weighted by molar-refractivity contribution is 7.89. The monoisotopic (exact) mass is 538 g/mol. The van der Waals surface area contributed by atoms with Crippen molar-refractivity contribution in [3.63, 3.8) is 0 Å². The van der Waals surface area contributed by atoms with Gasteiger partial charge < -0.3 is 10.2 Å². The molecule has 4 heterocycles. The van der Waals surface area contributed by atoms with Crippen LogP contribution >= 0.6 is 0 Å². The number of anilines is 1. The lowest BCUT2D eigenvalue weighted by molar-refractivity contribution is 0.221. The summed E-state index contributed by atoms with van der Waals surface area (Å²) in [6, 6.07) is 10.0. The van der Waals surface area contributed by atoms with Crippen LogP contribution < -0.4 is 10.9 Å². The van der Waals surface area contributed by atoms with Crippen LogP contribution in [-0.4, -0.2) is 76.7 Å². The Labute approximate surface area is 224 Å². The molecule has 0 spiro atoms. The lowest BCUT2D eigenvalue weighted by Gasteiger charge is -2.33. The number of likely N-dealkylation sites (tertiary alicyclic amines) is 1. The standard InChI is InChI=1S/C28H38N6O3S/c1-19(2)38(36,37)33-15-9-22(10-16-33)30-28-29-18-21-17-25(24-8-6-5-7-20(24)3)27(35)34(26(21)31-28)23-11-13-32(4)14-12-23/h5-8,17-19,22-23H,9-16H2,1-4H3,(H,29,30,31). The van der Waals surface area contributed by atoms with E-state index in [4.69, 9.17) is 4.98 Å². The minimum Gasteiger partial charge on any atom is -0.351 e. The van der Waals surface area contributed by atoms with Gasteiger partial charge in [-0.2, -0.15) is 4.98 Å². The molecule has 0 radical (unpaired) electrons. The number of pyridine rings is 1. The average Bonchev–Trinajstić information content (AvgIpc) is 2.90. The first-order valence-corrected chi connectivity index (χ1v) is 15.1. The molecule has 2 aliphatic rings. The zero-order valence-electron chi connectivity index (χ0n) is 22.7. The van der Waals surface area contributed by atoms with Gasteiger partial charge in [0.15, 0.2) is 0 Å². The van der Waals surface area contributed by atoms with Gasteiger partial charge in [0.05, 0.1) is 5.25 Å². The van der Waals surface area contributed by atoms with Gasteiger partial charge in [-0.25, -0.2) is 17.7 Å². The molecule has 1 aromatic carbocycles. The van der Waals surface area contributed by atoms with Crippen LogP contribution in [0, 0.1) is 6.92 Å². The van der Waals surface area contributed by atoms with Gasteiger partial charge in [0, 0.05) is 42.3 Å². The van der Waals surface area contributed by atoms with Gasteiger partial charge in [0.2, 0.25) is 16.0 Å². The Hall–Kier alpha value is -2.82. The quantitative estimate of drug-likeness (QED) is 0.511. The molecule has 204 valence electrons. The Morgan fingerprint density at radius 3 is 2.34 bits per heavy atom. The Morgan fingerprint density at radius 1 is 1.00 bits per heavy atom. The summed E-state index contributed by atoms with van der Waals surface area (Å²) in [5, 5.41) is 3.84. The predicted molar refractivity (Wildman–Crippen MR) is 152 cm³/mol. The molecule has 2 aromatic heterocycles. The van der Waals surface area contributed by atoms with Gasteiger partial charge in [-0.1, -0.05) is 24.3 Å². The smallest absolute Gasteiger partial charge is 0.260 e. The normalized spacial score (nSPS) is 18.9. The van der Waals surface area contributed by atoms with Crippen LogP contribution in [0.15, 0.2) is 41.3 Å². The van der Waals surface area contributed by atoms with E-state index in [1.54, 1.807) is 24.3 Å². The first-order valence-electron chi connectivity index (χ1n) is 13.6. The third-order valence-corrected chi connectivity index (χ3v) is 10.3. The van der Waals surface area contributed by atoms with Crippen molar-refractivity contribution >= 4 is 27.0 Å². The summed E-state index contributed by atoms with van der Waals surface area (Å²) < 4.78 is 28.5. The highest BCUT2D eigenvalue weighted by atomic mass is 32.2. The zero-order chi connectivity index (χ0) is 27.0. The van der Waals surface area contributed by atoms with E-state index in [0.717, 1.165) is 42.4 Å². The third kappa shape index (κ3) is 5.21. The number of aryl methyl sites for hydroxylation is 1. The number of nitrogens with zero attached hydrogens (tertiary/aromatic N) is 5. The number of fused-ring (bicyclic) bond motifs is 1. The van der Waals surface area contributed by atoms with Crippen LogP contribution in [0.5, 0.6) is 0 Å². The molecule has 38 heavy (non-hydrogen) atoms. The number of hydrogen-bond acceptors (Lipinski definition) is 7. The lowest BCUT2D eigenvalue weighted by Crippen LogP contribution is -2.45. The fraction of sp³-hybridized carbons (Fsp3) is 0.536. The van der Waals surface area contributed by atoms with Crippen molar-refractivity contribution in [2.45, 2.75) is 63.8 Å². The van der Waals surface area contributed by atoms with Crippen molar-refractivity contribution < 1.29 is 8.42 Å². The SMILES string of the molecule is Cc1ccccc1-c1cc2cnc(NC3CCN(S(=O)(=O)C(C)C)CC3)nc2n(C2CCN(C)CC2)c1=O. The van der Waals surface area contributed by atoms with Crippen LogP contribution in [0.4, 0.5) is 5.95 Å². The fourth-order valence-electron chi connectivity index (χ4n) is 5.58. The van der Waals surface area contributed by atoms with Crippen LogP contribution in [0.25, 0.3) is 22.2 Å². The minimum absolute atomic E-state index is 0.0156. The van der Waals surface area contributed by atoms with Gasteiger partial charge in [-0.15, -0.1) is 0 Å². The average molecular weight is 539 g/mol. The molecule has 0 amide bonds. The van der Waals surface area contributed by atoms with E-state index in [9.17, 15) is 13.2 Å². The summed E-state index contributed by atoms with van der Waals surface area (Å²) in [4.78, 5) is 25.8. The highest BCUT2D eigenvalue weighted by Gasteiger charge is 2.30. The van der Waals surface area contributed by atoms with E-state index in [1.807, 2.05) is 41.8 Å². The Morgan fingerprint density at radius 2 is 1.68 bits per heavy atom. The van der Waals surface area contributed by atoms with E-state index >= 15 is 0 Å². The van der Waals surface area contributed by atoms with E-state index in [0.29, 0.717) is 43.1 Å². The number of aromatic nitrogens is 3. The van der Waals surface area contributed by atoms with Crippen LogP contribution in [0.1, 0.15) is 51.1 Å². The largest absolute Gasteiger partial charge is 0.351 e. The molecule has 0 atom stereocenters. The topological polar surface area (TPSA) is 100 Å². The molecule has 5 rings (SSSR count). The second-order valence-electron chi connectivity index (χ2n) is 11.0. The molecule has 2 saturated heterocycles. The highest BCUT2D eigenvalue weighted by Crippen LogP contribution is 2.29. The second-order valence-corrected chi connectivity index (χ2v) is 13.5. The molecule has 2 fully saturated rings. The van der Waals surface area contributed by atoms with Crippen LogP contribution in [0.2, 0.25) is 0 Å². The van der Waals surface area contributed by atoms with Gasteiger partial charge in [0.25, 0.3) is 5.56 Å². The molecule has 9 nitrogen and oxygen atoms in total. The van der Waals surface area contributed by atoms with Gasteiger partial charge in [0.1, 0.15) is 5.65 Å². The van der Waals surface area contributed by atoms with Crippen molar-refractivity contribution in [2.75, 3.05) is 38.5 Å². The number of piperidine rings is 2. The predicted octanol–water partition coefficient (Wildman–Crippen LogP) is 3.65. The molecule has 0 unspecified atom stereocenters.